The molecule has 1 aliphatic heterocycles. The van der Waals surface area contributed by atoms with Crippen molar-refractivity contribution in [1.29, 1.82) is 0 Å². The summed E-state index contributed by atoms with van der Waals surface area (Å²) >= 11 is 0. The molecule has 33 heavy (non-hydrogen) atoms. The van der Waals surface area contributed by atoms with Crippen molar-refractivity contribution < 1.29 is 9.84 Å². The molecular weight excluding hydrogens is 404 g/mol. The Morgan fingerprint density at radius 3 is 2.52 bits per heavy atom. The second kappa shape index (κ2) is 13.1. The van der Waals surface area contributed by atoms with Gasteiger partial charge >= 0.3 is 0 Å². The molecule has 0 bridgehead atoms. The molecule has 188 valence electrons. The van der Waals surface area contributed by atoms with Crippen LogP contribution in [0.4, 0.5) is 0 Å². The van der Waals surface area contributed by atoms with Crippen molar-refractivity contribution in [2.75, 3.05) is 0 Å². The highest BCUT2D eigenvalue weighted by atomic mass is 16.5. The molecule has 2 rings (SSSR count). The fourth-order valence-electron chi connectivity index (χ4n) is 5.52. The Bertz CT molecular complexity index is 753. The lowest BCUT2D eigenvalue weighted by Gasteiger charge is -2.52. The van der Waals surface area contributed by atoms with Gasteiger partial charge in [-0.1, -0.05) is 49.5 Å². The summed E-state index contributed by atoms with van der Waals surface area (Å²) in [5.41, 5.74) is 6.29. The quantitative estimate of drug-likeness (QED) is 0.170. The molecule has 2 nitrogen and oxygen atoms in total. The van der Waals surface area contributed by atoms with Crippen LogP contribution < -0.4 is 0 Å². The highest BCUT2D eigenvalue weighted by molar-refractivity contribution is 5.44. The van der Waals surface area contributed by atoms with E-state index in [0.29, 0.717) is 0 Å². The van der Waals surface area contributed by atoms with Gasteiger partial charge in [0, 0.05) is 0 Å². The topological polar surface area (TPSA) is 29.5 Å². The van der Waals surface area contributed by atoms with Crippen molar-refractivity contribution in [1.82, 2.24) is 0 Å². The average molecular weight is 456 g/mol. The first-order chi connectivity index (χ1) is 15.7. The van der Waals surface area contributed by atoms with Crippen LogP contribution in [-0.4, -0.2) is 22.4 Å². The third kappa shape index (κ3) is 7.69. The Morgan fingerprint density at radius 2 is 1.82 bits per heavy atom. The predicted molar refractivity (Wildman–Crippen MR) is 143 cm³/mol. The molecule has 1 aliphatic carbocycles. The minimum atomic E-state index is -0.445. The summed E-state index contributed by atoms with van der Waals surface area (Å²) in [7, 11) is 0. The van der Waals surface area contributed by atoms with E-state index in [1.165, 1.54) is 54.4 Å². The van der Waals surface area contributed by atoms with E-state index in [2.05, 4.69) is 73.1 Å². The van der Waals surface area contributed by atoms with Crippen molar-refractivity contribution >= 4 is 0 Å². The van der Waals surface area contributed by atoms with Gasteiger partial charge in [-0.05, 0) is 109 Å². The summed E-state index contributed by atoms with van der Waals surface area (Å²) in [6.07, 6.45) is 22.3. The third-order valence-corrected chi connectivity index (χ3v) is 8.00. The molecule has 1 N–H and O–H groups in total. The van der Waals surface area contributed by atoms with E-state index < -0.39 is 6.10 Å². The Labute approximate surface area is 205 Å². The monoisotopic (exact) mass is 455 g/mol. The van der Waals surface area contributed by atoms with Crippen LogP contribution in [0, 0.1) is 6.42 Å². The van der Waals surface area contributed by atoms with Crippen LogP contribution in [0.2, 0.25) is 0 Å². The van der Waals surface area contributed by atoms with E-state index in [4.69, 9.17) is 4.74 Å². The van der Waals surface area contributed by atoms with E-state index in [1.807, 2.05) is 0 Å². The number of unbranched alkanes of at least 4 members (excludes halogenated alkanes) is 3. The third-order valence-electron chi connectivity index (χ3n) is 8.00. The summed E-state index contributed by atoms with van der Waals surface area (Å²) < 4.78 is 7.07. The molecule has 3 unspecified atom stereocenters. The van der Waals surface area contributed by atoms with Crippen molar-refractivity contribution in [3.8, 4) is 0 Å². The molecule has 3 atom stereocenters. The number of hydrogen-bond donors (Lipinski definition) is 1. The zero-order valence-corrected chi connectivity index (χ0v) is 22.7. The molecule has 0 saturated carbocycles. The van der Waals surface area contributed by atoms with Gasteiger partial charge in [-0.2, -0.15) is 13.3 Å². The lowest BCUT2D eigenvalue weighted by atomic mass is 9.69. The summed E-state index contributed by atoms with van der Waals surface area (Å²) in [4.78, 5) is 0. The van der Waals surface area contributed by atoms with Gasteiger partial charge in [0.15, 0.2) is 0 Å². The second-order valence-corrected chi connectivity index (χ2v) is 10.9. The van der Waals surface area contributed by atoms with Crippen molar-refractivity contribution in [3.05, 3.63) is 52.5 Å². The summed E-state index contributed by atoms with van der Waals surface area (Å²) in [6.45, 7) is 15.5. The van der Waals surface area contributed by atoms with E-state index in [1.54, 1.807) is 0 Å². The Balaban J connectivity index is 1.94. The summed E-state index contributed by atoms with van der Waals surface area (Å²) in [6, 6.07) is 0. The van der Waals surface area contributed by atoms with Gasteiger partial charge in [0.05, 0.1) is 11.7 Å². The summed E-state index contributed by atoms with van der Waals surface area (Å²) in [5, 5.41) is 10.5. The SMILES string of the molecule is C[CH-]CC/C=C(\C)CC/C=C(\C)CCCC1(C)CCC2=CC(O)C(C)=C(C)C2(CCCC)O1. The van der Waals surface area contributed by atoms with Gasteiger partial charge in [-0.15, -0.1) is 0 Å². The maximum Gasteiger partial charge on any atom is 0.111 e. The first-order valence-corrected chi connectivity index (χ1v) is 13.5. The first-order valence-electron chi connectivity index (χ1n) is 13.5. The standard InChI is InChI=1S/C31H51O2/c1-8-10-12-15-24(3)16-13-17-25(4)18-14-20-30(7)22-19-28-23-29(32)26(5)27(6)31(28,33-30)21-11-9-2/h8,15,17,23,29,32H,9-14,16,18-22H2,1-7H3/q-1/b24-15+,25-17+. The second-order valence-electron chi connectivity index (χ2n) is 10.9. The van der Waals surface area contributed by atoms with Gasteiger partial charge < -0.3 is 16.3 Å². The number of fused-ring (bicyclic) bond motifs is 1. The molecule has 0 amide bonds. The number of ether oxygens (including phenoxy) is 1. The molecule has 2 heteroatoms. The molecule has 0 radical (unpaired) electrons. The zero-order valence-electron chi connectivity index (χ0n) is 22.7. The molecule has 0 aromatic carbocycles. The number of allylic oxidation sites excluding steroid dienone is 4. The molecule has 1 saturated heterocycles. The maximum atomic E-state index is 10.5. The molecule has 0 spiro atoms. The van der Waals surface area contributed by atoms with Crippen LogP contribution in [0.25, 0.3) is 0 Å². The van der Waals surface area contributed by atoms with Crippen LogP contribution >= 0.6 is 0 Å². The van der Waals surface area contributed by atoms with Crippen LogP contribution in [-0.2, 0) is 4.74 Å². The van der Waals surface area contributed by atoms with Gasteiger partial charge in [-0.25, -0.2) is 0 Å². The fraction of sp³-hybridized carbons (Fsp3) is 0.710. The van der Waals surface area contributed by atoms with Gasteiger partial charge in [0.1, 0.15) is 5.60 Å². The van der Waals surface area contributed by atoms with E-state index in [-0.39, 0.29) is 11.2 Å². The smallest absolute Gasteiger partial charge is 0.111 e. The van der Waals surface area contributed by atoms with E-state index in [9.17, 15) is 5.11 Å². The van der Waals surface area contributed by atoms with E-state index in [0.717, 1.165) is 50.5 Å². The van der Waals surface area contributed by atoms with Crippen LogP contribution in [0.15, 0.2) is 46.1 Å². The van der Waals surface area contributed by atoms with Gasteiger partial charge in [-0.3, -0.25) is 0 Å². The van der Waals surface area contributed by atoms with Crippen molar-refractivity contribution in [2.45, 2.75) is 143 Å². The highest BCUT2D eigenvalue weighted by Gasteiger charge is 2.49. The molecular formula is C31H51O2-. The Kier molecular flexibility index (Phi) is 11.2. The van der Waals surface area contributed by atoms with Crippen LogP contribution in [0.3, 0.4) is 0 Å². The Morgan fingerprint density at radius 1 is 1.12 bits per heavy atom. The number of aliphatic hydroxyl groups excluding tert-OH is 1. The highest BCUT2D eigenvalue weighted by Crippen LogP contribution is 2.51. The van der Waals surface area contributed by atoms with Crippen molar-refractivity contribution in [3.63, 3.8) is 0 Å². The van der Waals surface area contributed by atoms with E-state index >= 15 is 0 Å². The zero-order chi connectivity index (χ0) is 24.5. The van der Waals surface area contributed by atoms with Crippen molar-refractivity contribution in [2.24, 2.45) is 0 Å². The molecule has 0 aromatic heterocycles. The van der Waals surface area contributed by atoms with Gasteiger partial charge in [0.25, 0.3) is 0 Å². The van der Waals surface area contributed by atoms with Gasteiger partial charge in [0.2, 0.25) is 0 Å². The largest absolute Gasteiger partial charge is 0.385 e. The van der Waals surface area contributed by atoms with Crippen LogP contribution in [0.5, 0.6) is 0 Å². The summed E-state index contributed by atoms with van der Waals surface area (Å²) in [5.74, 6) is 0. The van der Waals surface area contributed by atoms with Crippen LogP contribution in [0.1, 0.15) is 126 Å². The maximum absolute atomic E-state index is 10.5. The first kappa shape index (κ1) is 28.1. The lowest BCUT2D eigenvalue weighted by molar-refractivity contribution is -0.146. The fourth-order valence-corrected chi connectivity index (χ4v) is 5.52. The normalized spacial score (nSPS) is 28.7. The molecule has 1 fully saturated rings. The number of hydrogen-bond acceptors (Lipinski definition) is 2. The molecule has 0 aromatic rings. The predicted octanol–water partition coefficient (Wildman–Crippen LogP) is 8.97. The number of aliphatic hydroxyl groups is 1. The number of rotatable bonds is 13. The minimum absolute atomic E-state index is 0.0924. The Hall–Kier alpha value is -1.12. The molecule has 1 heterocycles. The minimum Gasteiger partial charge on any atom is -0.385 e. The molecule has 2 aliphatic rings. The lowest BCUT2D eigenvalue weighted by Crippen LogP contribution is -2.51. The average Bonchev–Trinajstić information content (AvgIpc) is 2.77.